The molecule has 0 aliphatic carbocycles. The number of nitrogens with zero attached hydrogens (tertiary/aromatic N) is 1. The summed E-state index contributed by atoms with van der Waals surface area (Å²) in [5, 5.41) is 6.05. The maximum absolute atomic E-state index is 12.2. The summed E-state index contributed by atoms with van der Waals surface area (Å²) in [7, 11) is 0. The predicted octanol–water partition coefficient (Wildman–Crippen LogP) is 5.15. The molecule has 0 unspecified atom stereocenters. The van der Waals surface area contributed by atoms with Gasteiger partial charge in [0.15, 0.2) is 0 Å². The Morgan fingerprint density at radius 3 is 2.42 bits per heavy atom. The molecule has 0 aliphatic heterocycles. The summed E-state index contributed by atoms with van der Waals surface area (Å²) in [5.41, 5.74) is 3.28. The van der Waals surface area contributed by atoms with E-state index < -0.39 is 0 Å². The number of rotatable bonds is 4. The third kappa shape index (κ3) is 4.20. The van der Waals surface area contributed by atoms with Crippen LogP contribution in [-0.4, -0.2) is 10.9 Å². The van der Waals surface area contributed by atoms with Gasteiger partial charge in [-0.2, -0.15) is 0 Å². The lowest BCUT2D eigenvalue weighted by Gasteiger charge is -2.08. The zero-order valence-corrected chi connectivity index (χ0v) is 14.7. The van der Waals surface area contributed by atoms with E-state index in [0.717, 1.165) is 15.7 Å². The molecule has 0 spiro atoms. The molecule has 2 aromatic carbocycles. The molecule has 5 heteroatoms. The number of pyridine rings is 1. The van der Waals surface area contributed by atoms with Crippen molar-refractivity contribution in [2.24, 2.45) is 0 Å². The Morgan fingerprint density at radius 2 is 1.75 bits per heavy atom. The van der Waals surface area contributed by atoms with Crippen molar-refractivity contribution in [1.82, 2.24) is 4.98 Å². The first-order valence-corrected chi connectivity index (χ1v) is 8.26. The van der Waals surface area contributed by atoms with Gasteiger partial charge in [0, 0.05) is 15.7 Å². The first kappa shape index (κ1) is 16.2. The molecule has 3 rings (SSSR count). The van der Waals surface area contributed by atoms with Gasteiger partial charge in [-0.1, -0.05) is 33.6 Å². The van der Waals surface area contributed by atoms with Crippen molar-refractivity contribution in [3.05, 3.63) is 82.5 Å². The molecular formula is C19H16BrN3O. The minimum Gasteiger partial charge on any atom is -0.340 e. The molecule has 1 heterocycles. The SMILES string of the molecule is Cc1cccc(C(=O)Nc2ccc(Nc3ccc(Br)cc3)nc2)c1. The van der Waals surface area contributed by atoms with Gasteiger partial charge in [0.1, 0.15) is 5.82 Å². The van der Waals surface area contributed by atoms with E-state index in [1.807, 2.05) is 61.5 Å². The van der Waals surface area contributed by atoms with Crippen LogP contribution in [0.3, 0.4) is 0 Å². The van der Waals surface area contributed by atoms with Gasteiger partial charge in [0.05, 0.1) is 11.9 Å². The van der Waals surface area contributed by atoms with E-state index in [1.165, 1.54) is 0 Å². The van der Waals surface area contributed by atoms with Crippen LogP contribution in [0.4, 0.5) is 17.2 Å². The first-order valence-electron chi connectivity index (χ1n) is 7.47. The van der Waals surface area contributed by atoms with Gasteiger partial charge in [-0.25, -0.2) is 4.98 Å². The summed E-state index contributed by atoms with van der Waals surface area (Å²) in [6.45, 7) is 1.96. The molecule has 1 amide bonds. The van der Waals surface area contributed by atoms with Crippen molar-refractivity contribution in [1.29, 1.82) is 0 Å². The Kier molecular flexibility index (Phi) is 4.91. The van der Waals surface area contributed by atoms with E-state index in [2.05, 4.69) is 31.5 Å². The molecule has 2 N–H and O–H groups in total. The van der Waals surface area contributed by atoms with Crippen LogP contribution >= 0.6 is 15.9 Å². The Bertz CT molecular complexity index is 845. The van der Waals surface area contributed by atoms with Crippen LogP contribution in [0, 0.1) is 6.92 Å². The molecule has 0 saturated carbocycles. The molecular weight excluding hydrogens is 366 g/mol. The number of halogens is 1. The second kappa shape index (κ2) is 7.27. The molecule has 0 bridgehead atoms. The number of aryl methyl sites for hydroxylation is 1. The van der Waals surface area contributed by atoms with Crippen molar-refractivity contribution in [3.8, 4) is 0 Å². The number of benzene rings is 2. The average molecular weight is 382 g/mol. The van der Waals surface area contributed by atoms with Crippen LogP contribution in [0.2, 0.25) is 0 Å². The lowest BCUT2D eigenvalue weighted by Crippen LogP contribution is -2.12. The molecule has 0 aliphatic rings. The highest BCUT2D eigenvalue weighted by Crippen LogP contribution is 2.19. The van der Waals surface area contributed by atoms with Crippen LogP contribution in [0.5, 0.6) is 0 Å². The van der Waals surface area contributed by atoms with Crippen molar-refractivity contribution >= 4 is 39.0 Å². The van der Waals surface area contributed by atoms with E-state index >= 15 is 0 Å². The number of anilines is 3. The number of amides is 1. The van der Waals surface area contributed by atoms with Gasteiger partial charge < -0.3 is 10.6 Å². The average Bonchev–Trinajstić information content (AvgIpc) is 2.59. The third-order valence-corrected chi connectivity index (χ3v) is 3.95. The van der Waals surface area contributed by atoms with Gasteiger partial charge in [-0.3, -0.25) is 4.79 Å². The Labute approximate surface area is 149 Å². The van der Waals surface area contributed by atoms with Gasteiger partial charge in [-0.05, 0) is 55.5 Å². The Hall–Kier alpha value is -2.66. The van der Waals surface area contributed by atoms with Crippen molar-refractivity contribution in [3.63, 3.8) is 0 Å². The number of carbonyl (C=O) groups is 1. The van der Waals surface area contributed by atoms with E-state index in [0.29, 0.717) is 17.1 Å². The fraction of sp³-hybridized carbons (Fsp3) is 0.0526. The van der Waals surface area contributed by atoms with Crippen molar-refractivity contribution in [2.75, 3.05) is 10.6 Å². The van der Waals surface area contributed by atoms with Gasteiger partial charge >= 0.3 is 0 Å². The molecule has 1 aromatic heterocycles. The zero-order chi connectivity index (χ0) is 16.9. The molecule has 0 atom stereocenters. The molecule has 0 saturated heterocycles. The zero-order valence-electron chi connectivity index (χ0n) is 13.1. The van der Waals surface area contributed by atoms with Gasteiger partial charge in [-0.15, -0.1) is 0 Å². The van der Waals surface area contributed by atoms with Crippen LogP contribution < -0.4 is 10.6 Å². The maximum atomic E-state index is 12.2. The lowest BCUT2D eigenvalue weighted by molar-refractivity contribution is 0.102. The molecule has 0 fully saturated rings. The quantitative estimate of drug-likeness (QED) is 0.656. The number of hydrogen-bond donors (Lipinski definition) is 2. The third-order valence-electron chi connectivity index (χ3n) is 3.42. The smallest absolute Gasteiger partial charge is 0.255 e. The molecule has 0 radical (unpaired) electrons. The number of hydrogen-bond acceptors (Lipinski definition) is 3. The number of aromatic nitrogens is 1. The largest absolute Gasteiger partial charge is 0.340 e. The Morgan fingerprint density at radius 1 is 1.00 bits per heavy atom. The first-order chi connectivity index (χ1) is 11.6. The van der Waals surface area contributed by atoms with E-state index in [-0.39, 0.29) is 5.91 Å². The summed E-state index contributed by atoms with van der Waals surface area (Å²) >= 11 is 3.40. The van der Waals surface area contributed by atoms with Crippen LogP contribution in [0.25, 0.3) is 0 Å². The highest BCUT2D eigenvalue weighted by Gasteiger charge is 2.06. The van der Waals surface area contributed by atoms with Gasteiger partial charge in [0.25, 0.3) is 5.91 Å². The predicted molar refractivity (Wildman–Crippen MR) is 101 cm³/mol. The van der Waals surface area contributed by atoms with E-state index in [9.17, 15) is 4.79 Å². The summed E-state index contributed by atoms with van der Waals surface area (Å²) in [4.78, 5) is 16.5. The molecule has 120 valence electrons. The highest BCUT2D eigenvalue weighted by molar-refractivity contribution is 9.10. The number of carbonyl (C=O) groups excluding carboxylic acids is 1. The van der Waals surface area contributed by atoms with Crippen LogP contribution in [0.15, 0.2) is 71.3 Å². The van der Waals surface area contributed by atoms with E-state index in [1.54, 1.807) is 12.3 Å². The maximum Gasteiger partial charge on any atom is 0.255 e. The summed E-state index contributed by atoms with van der Waals surface area (Å²) < 4.78 is 1.02. The molecule has 3 aromatic rings. The summed E-state index contributed by atoms with van der Waals surface area (Å²) in [5.74, 6) is 0.569. The summed E-state index contributed by atoms with van der Waals surface area (Å²) in [6, 6.07) is 19.0. The van der Waals surface area contributed by atoms with Crippen LogP contribution in [0.1, 0.15) is 15.9 Å². The monoisotopic (exact) mass is 381 g/mol. The van der Waals surface area contributed by atoms with E-state index in [4.69, 9.17) is 0 Å². The normalized spacial score (nSPS) is 10.2. The van der Waals surface area contributed by atoms with Crippen molar-refractivity contribution in [2.45, 2.75) is 6.92 Å². The second-order valence-corrected chi connectivity index (χ2v) is 6.30. The molecule has 4 nitrogen and oxygen atoms in total. The minimum atomic E-state index is -0.144. The fourth-order valence-electron chi connectivity index (χ4n) is 2.21. The lowest BCUT2D eigenvalue weighted by atomic mass is 10.1. The van der Waals surface area contributed by atoms with Crippen molar-refractivity contribution < 1.29 is 4.79 Å². The highest BCUT2D eigenvalue weighted by atomic mass is 79.9. The topological polar surface area (TPSA) is 54.0 Å². The molecule has 24 heavy (non-hydrogen) atoms. The van der Waals surface area contributed by atoms with Gasteiger partial charge in [0.2, 0.25) is 0 Å². The standard InChI is InChI=1S/C19H16BrN3O/c1-13-3-2-4-14(11-13)19(24)23-17-9-10-18(21-12-17)22-16-7-5-15(20)6-8-16/h2-12H,1H3,(H,21,22)(H,23,24). The fourth-order valence-corrected chi connectivity index (χ4v) is 2.48. The van der Waals surface area contributed by atoms with Crippen LogP contribution in [-0.2, 0) is 0 Å². The second-order valence-electron chi connectivity index (χ2n) is 5.39. The Balaban J connectivity index is 1.66. The summed E-state index contributed by atoms with van der Waals surface area (Å²) in [6.07, 6.45) is 1.63. The minimum absolute atomic E-state index is 0.144. The number of nitrogens with one attached hydrogen (secondary N) is 2.